The van der Waals surface area contributed by atoms with E-state index in [1.165, 1.54) is 7.05 Å². The number of benzene rings is 1. The van der Waals surface area contributed by atoms with Crippen molar-refractivity contribution in [3.8, 4) is 11.3 Å². The molecule has 1 aliphatic carbocycles. The van der Waals surface area contributed by atoms with Crippen LogP contribution in [0.15, 0.2) is 34.7 Å². The van der Waals surface area contributed by atoms with Crippen molar-refractivity contribution in [2.24, 2.45) is 0 Å². The number of nitrogens with one attached hydrogen (secondary N) is 2. The number of fused-ring (bicyclic) bond motifs is 1. The smallest absolute Gasteiger partial charge is 0.321 e. The first-order valence-corrected chi connectivity index (χ1v) is 16.6. The van der Waals surface area contributed by atoms with Gasteiger partial charge in [-0.3, -0.25) is 9.59 Å². The normalized spacial score (nSPS) is 14.8. The molecule has 3 N–H and O–H groups in total. The Kier molecular flexibility index (Phi) is 8.66. The standard InChI is InChI=1S/C27H33N3O8S2/c1-16-7-9-18(10-8-16)24-23(25(31)28-2)20-14-19(17-11-12-17)21(30-26(20)38-24)15-40(36,37)29-13-5-4-6-22(27(32)33)39(3,34)35/h7-10,14,17,22,29H,4-6,11-13,15H2,1-3H3,(H,28,31)(H,32,33). The van der Waals surface area contributed by atoms with Gasteiger partial charge in [0.15, 0.2) is 15.1 Å². The van der Waals surface area contributed by atoms with Crippen molar-refractivity contribution in [2.45, 2.75) is 55.9 Å². The minimum atomic E-state index is -3.83. The van der Waals surface area contributed by atoms with Gasteiger partial charge in [-0.15, -0.1) is 0 Å². The summed E-state index contributed by atoms with van der Waals surface area (Å²) in [4.78, 5) is 28.7. The van der Waals surface area contributed by atoms with Gasteiger partial charge < -0.3 is 14.8 Å². The molecule has 0 saturated heterocycles. The maximum Gasteiger partial charge on any atom is 0.321 e. The quantitative estimate of drug-likeness (QED) is 0.252. The molecule has 0 aliphatic heterocycles. The summed E-state index contributed by atoms with van der Waals surface area (Å²) in [6, 6.07) is 9.34. The summed E-state index contributed by atoms with van der Waals surface area (Å²) in [5.41, 5.74) is 3.37. The molecule has 1 atom stereocenters. The van der Waals surface area contributed by atoms with Crippen LogP contribution in [0.25, 0.3) is 22.4 Å². The number of aromatic nitrogens is 1. The number of rotatable bonds is 13. The minimum Gasteiger partial charge on any atom is -0.480 e. The maximum absolute atomic E-state index is 12.9. The number of pyridine rings is 1. The Hall–Kier alpha value is -3.29. The van der Waals surface area contributed by atoms with Crippen LogP contribution in [0, 0.1) is 6.92 Å². The van der Waals surface area contributed by atoms with Crippen LogP contribution in [0.1, 0.15) is 65.2 Å². The molecular formula is C27H33N3O8S2. The average Bonchev–Trinajstić information content (AvgIpc) is 3.65. The van der Waals surface area contributed by atoms with Crippen LogP contribution in [0.5, 0.6) is 0 Å². The van der Waals surface area contributed by atoms with Crippen LogP contribution >= 0.6 is 0 Å². The molecule has 0 spiro atoms. The van der Waals surface area contributed by atoms with E-state index in [0.717, 1.165) is 30.2 Å². The third-order valence-corrected chi connectivity index (χ3v) is 9.68. The largest absolute Gasteiger partial charge is 0.480 e. The molecular weight excluding hydrogens is 558 g/mol. The summed E-state index contributed by atoms with van der Waals surface area (Å²) < 4.78 is 57.7. The number of furan rings is 1. The van der Waals surface area contributed by atoms with Gasteiger partial charge in [-0.25, -0.2) is 26.5 Å². The first-order chi connectivity index (χ1) is 18.8. The van der Waals surface area contributed by atoms with Gasteiger partial charge in [-0.05, 0) is 50.2 Å². The average molecular weight is 592 g/mol. The van der Waals surface area contributed by atoms with E-state index in [1.807, 2.05) is 37.3 Å². The molecule has 1 fully saturated rings. The van der Waals surface area contributed by atoms with E-state index in [-0.39, 0.29) is 43.3 Å². The van der Waals surface area contributed by atoms with E-state index >= 15 is 0 Å². The lowest BCUT2D eigenvalue weighted by atomic mass is 10.0. The van der Waals surface area contributed by atoms with Gasteiger partial charge in [0, 0.05) is 25.4 Å². The fourth-order valence-electron chi connectivity index (χ4n) is 4.63. The number of unbranched alkanes of at least 4 members (excludes halogenated alkanes) is 1. The Labute approximate surface area is 233 Å². The van der Waals surface area contributed by atoms with Gasteiger partial charge >= 0.3 is 5.97 Å². The van der Waals surface area contributed by atoms with Crippen molar-refractivity contribution >= 4 is 42.8 Å². The number of amides is 1. The van der Waals surface area contributed by atoms with Gasteiger partial charge in [-0.1, -0.05) is 36.2 Å². The first kappa shape index (κ1) is 29.7. The van der Waals surface area contributed by atoms with Gasteiger partial charge in [-0.2, -0.15) is 0 Å². The fraction of sp³-hybridized carbons (Fsp3) is 0.444. The van der Waals surface area contributed by atoms with Crippen molar-refractivity contribution in [2.75, 3.05) is 19.8 Å². The second kappa shape index (κ2) is 11.7. The molecule has 4 rings (SSSR count). The van der Waals surface area contributed by atoms with Crippen LogP contribution in [0.2, 0.25) is 0 Å². The molecule has 1 saturated carbocycles. The van der Waals surface area contributed by atoms with E-state index in [4.69, 9.17) is 9.52 Å². The third kappa shape index (κ3) is 6.88. The maximum atomic E-state index is 12.9. The number of carboxylic acid groups (broad SMARTS) is 1. The number of sulfone groups is 1. The predicted molar refractivity (Wildman–Crippen MR) is 150 cm³/mol. The number of carboxylic acids is 1. The summed E-state index contributed by atoms with van der Waals surface area (Å²) in [5.74, 6) is -1.65. The lowest BCUT2D eigenvalue weighted by Crippen LogP contribution is -2.30. The molecule has 11 nitrogen and oxygen atoms in total. The zero-order valence-corrected chi connectivity index (χ0v) is 24.2. The molecule has 40 heavy (non-hydrogen) atoms. The first-order valence-electron chi connectivity index (χ1n) is 12.9. The third-order valence-electron chi connectivity index (χ3n) is 6.91. The molecule has 2 heterocycles. The molecule has 0 radical (unpaired) electrons. The Morgan fingerprint density at radius 2 is 1.80 bits per heavy atom. The zero-order valence-electron chi connectivity index (χ0n) is 22.6. The summed E-state index contributed by atoms with van der Waals surface area (Å²) in [5, 5.41) is 10.8. The number of carbonyl (C=O) groups excluding carboxylic acids is 1. The summed E-state index contributed by atoms with van der Waals surface area (Å²) >= 11 is 0. The fourth-order valence-corrected chi connectivity index (χ4v) is 6.74. The summed E-state index contributed by atoms with van der Waals surface area (Å²) in [7, 11) is -6.05. The Morgan fingerprint density at radius 3 is 2.38 bits per heavy atom. The minimum absolute atomic E-state index is 0.0264. The second-order valence-corrected chi connectivity index (χ2v) is 14.2. The van der Waals surface area contributed by atoms with E-state index in [1.54, 1.807) is 0 Å². The Morgan fingerprint density at radius 1 is 1.12 bits per heavy atom. The number of sulfonamides is 1. The van der Waals surface area contributed by atoms with Crippen molar-refractivity contribution in [1.82, 2.24) is 15.0 Å². The monoisotopic (exact) mass is 591 g/mol. The molecule has 1 aliphatic rings. The molecule has 2 aromatic heterocycles. The molecule has 1 amide bonds. The van der Waals surface area contributed by atoms with Gasteiger partial charge in [0.1, 0.15) is 11.5 Å². The highest BCUT2D eigenvalue weighted by molar-refractivity contribution is 7.92. The van der Waals surface area contributed by atoms with Crippen LogP contribution in [0.4, 0.5) is 0 Å². The zero-order chi connectivity index (χ0) is 29.2. The van der Waals surface area contributed by atoms with E-state index < -0.39 is 36.8 Å². The lowest BCUT2D eigenvalue weighted by molar-refractivity contribution is -0.136. The number of aryl methyl sites for hydroxylation is 1. The number of hydrogen-bond acceptors (Lipinski definition) is 8. The number of nitrogens with zero attached hydrogens (tertiary/aromatic N) is 1. The predicted octanol–water partition coefficient (Wildman–Crippen LogP) is 3.13. The summed E-state index contributed by atoms with van der Waals surface area (Å²) in [6.07, 6.45) is 3.04. The van der Waals surface area contributed by atoms with Crippen LogP contribution in [0.3, 0.4) is 0 Å². The summed E-state index contributed by atoms with van der Waals surface area (Å²) in [6.45, 7) is 1.98. The number of hydrogen-bond donors (Lipinski definition) is 3. The Balaban J connectivity index is 1.56. The molecule has 1 aromatic carbocycles. The topological polar surface area (TPSA) is 173 Å². The van der Waals surface area contributed by atoms with Crippen molar-refractivity contribution in [1.29, 1.82) is 0 Å². The van der Waals surface area contributed by atoms with Gasteiger partial charge in [0.25, 0.3) is 5.91 Å². The highest BCUT2D eigenvalue weighted by Crippen LogP contribution is 2.44. The molecule has 0 bridgehead atoms. The molecule has 3 aromatic rings. The lowest BCUT2D eigenvalue weighted by Gasteiger charge is -2.12. The number of aliphatic carboxylic acids is 1. The molecule has 13 heteroatoms. The van der Waals surface area contributed by atoms with E-state index in [0.29, 0.717) is 28.0 Å². The van der Waals surface area contributed by atoms with E-state index in [2.05, 4.69) is 15.0 Å². The van der Waals surface area contributed by atoms with Gasteiger partial charge in [0.2, 0.25) is 15.7 Å². The Bertz CT molecular complexity index is 1640. The van der Waals surface area contributed by atoms with Crippen LogP contribution in [-0.4, -0.2) is 63.9 Å². The highest BCUT2D eigenvalue weighted by Gasteiger charge is 2.32. The van der Waals surface area contributed by atoms with Crippen molar-refractivity contribution in [3.63, 3.8) is 0 Å². The van der Waals surface area contributed by atoms with Gasteiger partial charge in [0.05, 0.1) is 16.6 Å². The second-order valence-electron chi connectivity index (χ2n) is 10.2. The van der Waals surface area contributed by atoms with Crippen LogP contribution < -0.4 is 10.0 Å². The number of carbonyl (C=O) groups is 2. The molecule has 216 valence electrons. The van der Waals surface area contributed by atoms with Crippen molar-refractivity contribution in [3.05, 3.63) is 52.7 Å². The van der Waals surface area contributed by atoms with E-state index in [9.17, 15) is 26.4 Å². The van der Waals surface area contributed by atoms with Crippen molar-refractivity contribution < 1.29 is 35.9 Å². The van der Waals surface area contributed by atoms with Crippen LogP contribution in [-0.2, 0) is 30.4 Å². The SMILES string of the molecule is CNC(=O)c1c(-c2ccc(C)cc2)oc2nc(CS(=O)(=O)NCCCCC(C(=O)O)S(C)(=O)=O)c(C3CC3)cc12. The molecule has 1 unspecified atom stereocenters. The highest BCUT2D eigenvalue weighted by atomic mass is 32.2.